The summed E-state index contributed by atoms with van der Waals surface area (Å²) in [5.41, 5.74) is 1.39. The Labute approximate surface area is 88.0 Å². The van der Waals surface area contributed by atoms with Gasteiger partial charge in [0.1, 0.15) is 9.39 Å². The molecule has 0 atom stereocenters. The van der Waals surface area contributed by atoms with Crippen molar-refractivity contribution in [3.63, 3.8) is 0 Å². The Bertz CT molecular complexity index is 477. The molecule has 0 N–H and O–H groups in total. The lowest BCUT2D eigenvalue weighted by Gasteiger charge is -1.93. The van der Waals surface area contributed by atoms with Crippen LogP contribution in [-0.4, -0.2) is 9.78 Å². The van der Waals surface area contributed by atoms with E-state index in [0.717, 1.165) is 14.6 Å². The molecular formula is C8H6IN3O. The zero-order chi connectivity index (χ0) is 9.42. The number of benzene rings is 1. The lowest BCUT2D eigenvalue weighted by molar-refractivity contribution is 0.787. The maximum absolute atomic E-state index is 10.5. The molecule has 0 bridgehead atoms. The van der Waals surface area contributed by atoms with Gasteiger partial charge in [0.15, 0.2) is 0 Å². The molecule has 0 radical (unpaired) electrons. The third kappa shape index (κ3) is 1.23. The Hall–Kier alpha value is -0.980. The van der Waals surface area contributed by atoms with Crippen LogP contribution in [0.25, 0.3) is 10.9 Å². The highest BCUT2D eigenvalue weighted by atomic mass is 127. The number of rotatable bonds is 1. The molecule has 1 aromatic heterocycles. The predicted molar refractivity (Wildman–Crippen MR) is 58.9 cm³/mol. The Morgan fingerprint density at radius 1 is 1.54 bits per heavy atom. The van der Waals surface area contributed by atoms with Crippen LogP contribution in [0.3, 0.4) is 0 Å². The van der Waals surface area contributed by atoms with Gasteiger partial charge in [0.05, 0.1) is 10.9 Å². The van der Waals surface area contributed by atoms with E-state index in [2.05, 4.69) is 32.9 Å². The van der Waals surface area contributed by atoms with Gasteiger partial charge in [-0.15, -0.1) is 4.91 Å². The van der Waals surface area contributed by atoms with Crippen molar-refractivity contribution in [2.24, 2.45) is 12.2 Å². The first-order chi connectivity index (χ1) is 6.24. The van der Waals surface area contributed by atoms with Gasteiger partial charge >= 0.3 is 0 Å². The standard InChI is InChI=1S/C8H6IN3O/c1-12-6-4-2-3-5(11-13)7(6)8(9)10-12/h2-4H,1H3. The monoisotopic (exact) mass is 287 g/mol. The molecule has 0 unspecified atom stereocenters. The van der Waals surface area contributed by atoms with Crippen molar-refractivity contribution in [1.29, 1.82) is 0 Å². The number of aromatic nitrogens is 2. The topological polar surface area (TPSA) is 47.2 Å². The van der Waals surface area contributed by atoms with Crippen LogP contribution in [0.4, 0.5) is 5.69 Å². The van der Waals surface area contributed by atoms with E-state index in [1.54, 1.807) is 16.8 Å². The Morgan fingerprint density at radius 2 is 2.31 bits per heavy atom. The van der Waals surface area contributed by atoms with E-state index >= 15 is 0 Å². The molecule has 0 amide bonds. The maximum Gasteiger partial charge on any atom is 0.133 e. The minimum atomic E-state index is 0.454. The number of hydrogen-bond donors (Lipinski definition) is 0. The van der Waals surface area contributed by atoms with Gasteiger partial charge in [-0.3, -0.25) is 4.68 Å². The van der Waals surface area contributed by atoms with Crippen molar-refractivity contribution in [1.82, 2.24) is 9.78 Å². The van der Waals surface area contributed by atoms with Crippen molar-refractivity contribution >= 4 is 39.2 Å². The third-order valence-electron chi connectivity index (χ3n) is 1.91. The lowest BCUT2D eigenvalue weighted by atomic mass is 10.2. The molecule has 0 aliphatic carbocycles. The second-order valence-electron chi connectivity index (χ2n) is 2.68. The van der Waals surface area contributed by atoms with Gasteiger partial charge < -0.3 is 0 Å². The Kier molecular flexibility index (Phi) is 2.03. The van der Waals surface area contributed by atoms with Crippen LogP contribution in [-0.2, 0) is 7.05 Å². The lowest BCUT2D eigenvalue weighted by Crippen LogP contribution is -1.88. The zero-order valence-electron chi connectivity index (χ0n) is 6.86. The normalized spacial score (nSPS) is 10.6. The SMILES string of the molecule is Cn1nc(I)c2c(N=O)cccc21. The van der Waals surface area contributed by atoms with Gasteiger partial charge in [-0.25, -0.2) is 0 Å². The highest BCUT2D eigenvalue weighted by molar-refractivity contribution is 14.1. The highest BCUT2D eigenvalue weighted by Gasteiger charge is 2.09. The fraction of sp³-hybridized carbons (Fsp3) is 0.125. The number of halogens is 1. The molecule has 2 aromatic rings. The van der Waals surface area contributed by atoms with E-state index in [4.69, 9.17) is 0 Å². The number of aryl methyl sites for hydroxylation is 1. The zero-order valence-corrected chi connectivity index (χ0v) is 9.02. The summed E-state index contributed by atoms with van der Waals surface area (Å²) in [6, 6.07) is 5.41. The summed E-state index contributed by atoms with van der Waals surface area (Å²) in [6.07, 6.45) is 0. The first kappa shape index (κ1) is 8.61. The van der Waals surface area contributed by atoms with Gasteiger partial charge in [-0.05, 0) is 39.9 Å². The van der Waals surface area contributed by atoms with Gasteiger partial charge in [0.25, 0.3) is 0 Å². The molecule has 4 nitrogen and oxygen atoms in total. The number of hydrogen-bond acceptors (Lipinski definition) is 3. The van der Waals surface area contributed by atoms with Gasteiger partial charge in [0.2, 0.25) is 0 Å². The molecule has 5 heteroatoms. The predicted octanol–water partition coefficient (Wildman–Crippen LogP) is 2.58. The Morgan fingerprint density at radius 3 is 3.00 bits per heavy atom. The quantitative estimate of drug-likeness (QED) is 0.598. The largest absolute Gasteiger partial charge is 0.267 e. The summed E-state index contributed by atoms with van der Waals surface area (Å²) in [6.45, 7) is 0. The minimum Gasteiger partial charge on any atom is -0.267 e. The molecule has 66 valence electrons. The van der Waals surface area contributed by atoms with E-state index in [-0.39, 0.29) is 0 Å². The first-order valence-corrected chi connectivity index (χ1v) is 4.76. The average Bonchev–Trinajstić information content (AvgIpc) is 2.43. The highest BCUT2D eigenvalue weighted by Crippen LogP contribution is 2.29. The molecule has 2 rings (SSSR count). The Balaban J connectivity index is 2.96. The van der Waals surface area contributed by atoms with Crippen LogP contribution >= 0.6 is 22.6 Å². The van der Waals surface area contributed by atoms with Crippen molar-refractivity contribution in [3.8, 4) is 0 Å². The van der Waals surface area contributed by atoms with Crippen LogP contribution in [0.1, 0.15) is 0 Å². The summed E-state index contributed by atoms with van der Waals surface area (Å²) < 4.78 is 2.55. The fourth-order valence-corrected chi connectivity index (χ4v) is 2.20. The molecule has 0 spiro atoms. The van der Waals surface area contributed by atoms with E-state index in [1.807, 2.05) is 13.1 Å². The summed E-state index contributed by atoms with van der Waals surface area (Å²) in [7, 11) is 1.85. The molecule has 13 heavy (non-hydrogen) atoms. The van der Waals surface area contributed by atoms with Crippen molar-refractivity contribution in [3.05, 3.63) is 26.8 Å². The van der Waals surface area contributed by atoms with Gasteiger partial charge in [-0.1, -0.05) is 6.07 Å². The van der Waals surface area contributed by atoms with E-state index in [1.165, 1.54) is 0 Å². The maximum atomic E-state index is 10.5. The van der Waals surface area contributed by atoms with Crippen LogP contribution in [0.15, 0.2) is 23.4 Å². The second-order valence-corrected chi connectivity index (χ2v) is 3.70. The molecular weight excluding hydrogens is 281 g/mol. The summed E-state index contributed by atoms with van der Waals surface area (Å²) in [5, 5.41) is 8.00. The number of nitroso groups, excluding NO2 is 1. The molecule has 0 aliphatic rings. The van der Waals surface area contributed by atoms with Gasteiger partial charge in [0, 0.05) is 7.05 Å². The average molecular weight is 287 g/mol. The van der Waals surface area contributed by atoms with E-state index < -0.39 is 0 Å². The van der Waals surface area contributed by atoms with E-state index in [0.29, 0.717) is 5.69 Å². The van der Waals surface area contributed by atoms with Crippen LogP contribution in [0.2, 0.25) is 0 Å². The third-order valence-corrected chi connectivity index (χ3v) is 2.67. The number of fused-ring (bicyclic) bond motifs is 1. The van der Waals surface area contributed by atoms with E-state index in [9.17, 15) is 4.91 Å². The fourth-order valence-electron chi connectivity index (χ4n) is 1.32. The summed E-state index contributed by atoms with van der Waals surface area (Å²) in [4.78, 5) is 10.5. The summed E-state index contributed by atoms with van der Waals surface area (Å²) >= 11 is 2.10. The first-order valence-electron chi connectivity index (χ1n) is 3.68. The van der Waals surface area contributed by atoms with Gasteiger partial charge in [-0.2, -0.15) is 5.10 Å². The molecule has 0 saturated carbocycles. The molecule has 0 fully saturated rings. The molecule has 1 aromatic carbocycles. The second kappa shape index (κ2) is 3.06. The van der Waals surface area contributed by atoms with Crippen LogP contribution in [0.5, 0.6) is 0 Å². The van der Waals surface area contributed by atoms with Crippen LogP contribution < -0.4 is 0 Å². The smallest absolute Gasteiger partial charge is 0.133 e. The number of nitrogens with zero attached hydrogens (tertiary/aromatic N) is 3. The molecule has 0 aliphatic heterocycles. The van der Waals surface area contributed by atoms with Crippen LogP contribution in [0, 0.1) is 8.61 Å². The minimum absolute atomic E-state index is 0.454. The van der Waals surface area contributed by atoms with Crippen molar-refractivity contribution in [2.45, 2.75) is 0 Å². The molecule has 1 heterocycles. The van der Waals surface area contributed by atoms with Crippen molar-refractivity contribution < 1.29 is 0 Å². The molecule has 0 saturated heterocycles. The van der Waals surface area contributed by atoms with Crippen molar-refractivity contribution in [2.75, 3.05) is 0 Å². The summed E-state index contributed by atoms with van der Waals surface area (Å²) in [5.74, 6) is 0.